The molecule has 0 spiro atoms. The van der Waals surface area contributed by atoms with Gasteiger partial charge in [-0.3, -0.25) is 4.79 Å². The number of ether oxygens (including phenoxy) is 1. The molecule has 1 N–H and O–H groups in total. The van der Waals surface area contributed by atoms with E-state index in [1.165, 1.54) is 12.3 Å². The first-order valence-corrected chi connectivity index (χ1v) is 6.49. The van der Waals surface area contributed by atoms with Crippen molar-refractivity contribution in [1.82, 2.24) is 10.3 Å². The number of amides is 1. The Balaban J connectivity index is 2.30. The fourth-order valence-corrected chi connectivity index (χ4v) is 1.67. The summed E-state index contributed by atoms with van der Waals surface area (Å²) in [7, 11) is 1.68. The first-order chi connectivity index (χ1) is 8.65. The van der Waals surface area contributed by atoms with Crippen molar-refractivity contribution in [3.05, 3.63) is 28.0 Å². The van der Waals surface area contributed by atoms with Crippen LogP contribution in [0.25, 0.3) is 0 Å². The van der Waals surface area contributed by atoms with Crippen molar-refractivity contribution in [3.63, 3.8) is 0 Å². The summed E-state index contributed by atoms with van der Waals surface area (Å²) in [5, 5.41) is 3.28. The van der Waals surface area contributed by atoms with Crippen molar-refractivity contribution in [3.8, 4) is 0 Å². The second-order valence-corrected chi connectivity index (χ2v) is 4.57. The second-order valence-electron chi connectivity index (χ2n) is 3.81. The number of carbonyl (C=O) groups excluding carboxylic acids is 1. The lowest BCUT2D eigenvalue weighted by atomic mass is 10.2. The van der Waals surface area contributed by atoms with E-state index in [-0.39, 0.29) is 16.1 Å². The summed E-state index contributed by atoms with van der Waals surface area (Å²) < 4.78 is 4.94. The van der Waals surface area contributed by atoms with Gasteiger partial charge in [-0.15, -0.1) is 0 Å². The van der Waals surface area contributed by atoms with Gasteiger partial charge < -0.3 is 10.1 Å². The number of nitrogens with zero attached hydrogens (tertiary/aromatic N) is 1. The number of pyridine rings is 1. The van der Waals surface area contributed by atoms with Gasteiger partial charge in [0.25, 0.3) is 5.91 Å². The van der Waals surface area contributed by atoms with Gasteiger partial charge in [0.1, 0.15) is 5.15 Å². The Hall–Kier alpha value is -0.840. The first kappa shape index (κ1) is 15.2. The molecular weight excluding hydrogens is 275 g/mol. The zero-order valence-electron chi connectivity index (χ0n) is 10.2. The molecule has 1 heterocycles. The van der Waals surface area contributed by atoms with E-state index in [1.807, 2.05) is 0 Å². The predicted molar refractivity (Wildman–Crippen MR) is 72.3 cm³/mol. The van der Waals surface area contributed by atoms with Crippen LogP contribution in [0.2, 0.25) is 10.2 Å². The lowest BCUT2D eigenvalue weighted by Gasteiger charge is -2.05. The Morgan fingerprint density at radius 1 is 1.39 bits per heavy atom. The Labute approximate surface area is 117 Å². The first-order valence-electron chi connectivity index (χ1n) is 5.73. The van der Waals surface area contributed by atoms with E-state index >= 15 is 0 Å². The molecule has 0 fully saturated rings. The lowest BCUT2D eigenvalue weighted by molar-refractivity contribution is 0.0952. The summed E-state index contributed by atoms with van der Waals surface area (Å²) in [5.74, 6) is -0.187. The van der Waals surface area contributed by atoms with E-state index in [1.54, 1.807) is 7.11 Å². The molecule has 4 nitrogen and oxygen atoms in total. The topological polar surface area (TPSA) is 51.2 Å². The van der Waals surface area contributed by atoms with Crippen LogP contribution in [-0.4, -0.2) is 31.2 Å². The maximum atomic E-state index is 11.7. The molecule has 100 valence electrons. The third kappa shape index (κ3) is 5.21. The zero-order valence-corrected chi connectivity index (χ0v) is 11.7. The van der Waals surface area contributed by atoms with Crippen LogP contribution < -0.4 is 5.32 Å². The highest BCUT2D eigenvalue weighted by Gasteiger charge is 2.08. The van der Waals surface area contributed by atoms with E-state index in [0.717, 1.165) is 25.9 Å². The summed E-state index contributed by atoms with van der Waals surface area (Å²) in [6, 6.07) is 1.51. The average Bonchev–Trinajstić information content (AvgIpc) is 2.36. The van der Waals surface area contributed by atoms with E-state index < -0.39 is 0 Å². The maximum Gasteiger partial charge on any atom is 0.252 e. The molecule has 1 aromatic rings. The number of hydrogen-bond donors (Lipinski definition) is 1. The summed E-state index contributed by atoms with van der Waals surface area (Å²) in [6.45, 7) is 1.38. The van der Waals surface area contributed by atoms with Gasteiger partial charge in [-0.05, 0) is 25.3 Å². The molecule has 0 aromatic carbocycles. The molecule has 6 heteroatoms. The highest BCUT2D eigenvalue weighted by Crippen LogP contribution is 2.19. The molecule has 0 bridgehead atoms. The Bertz CT molecular complexity index is 400. The Morgan fingerprint density at radius 2 is 2.17 bits per heavy atom. The van der Waals surface area contributed by atoms with Crippen molar-refractivity contribution < 1.29 is 9.53 Å². The molecule has 18 heavy (non-hydrogen) atoms. The van der Waals surface area contributed by atoms with Crippen LogP contribution in [0, 0.1) is 0 Å². The van der Waals surface area contributed by atoms with Crippen LogP contribution in [0.3, 0.4) is 0 Å². The standard InChI is InChI=1S/C12H16Cl2N2O2/c1-18-6-4-2-3-5-15-12(17)9-7-10(13)11(14)16-8-9/h7-8H,2-6H2,1H3,(H,15,17). The zero-order chi connectivity index (χ0) is 13.4. The van der Waals surface area contributed by atoms with Gasteiger partial charge in [0, 0.05) is 26.5 Å². The van der Waals surface area contributed by atoms with Crippen LogP contribution in [0.15, 0.2) is 12.3 Å². The number of unbranched alkanes of at least 4 members (excludes halogenated alkanes) is 2. The molecular formula is C12H16Cl2N2O2. The number of carbonyl (C=O) groups is 1. The number of rotatable bonds is 7. The fourth-order valence-electron chi connectivity index (χ4n) is 1.40. The van der Waals surface area contributed by atoms with Gasteiger partial charge in [-0.2, -0.15) is 0 Å². The Kier molecular flexibility index (Phi) is 7.01. The number of hydrogen-bond acceptors (Lipinski definition) is 3. The van der Waals surface area contributed by atoms with Gasteiger partial charge in [0.05, 0.1) is 10.6 Å². The van der Waals surface area contributed by atoms with Crippen LogP contribution in [0.1, 0.15) is 29.6 Å². The van der Waals surface area contributed by atoms with Gasteiger partial charge in [-0.1, -0.05) is 23.2 Å². The molecule has 0 saturated carbocycles. The molecule has 1 aromatic heterocycles. The van der Waals surface area contributed by atoms with E-state index in [9.17, 15) is 4.79 Å². The Morgan fingerprint density at radius 3 is 2.83 bits per heavy atom. The van der Waals surface area contributed by atoms with Gasteiger partial charge in [0.15, 0.2) is 0 Å². The minimum Gasteiger partial charge on any atom is -0.385 e. The molecule has 1 amide bonds. The highest BCUT2D eigenvalue weighted by atomic mass is 35.5. The van der Waals surface area contributed by atoms with E-state index in [4.69, 9.17) is 27.9 Å². The van der Waals surface area contributed by atoms with Crippen LogP contribution in [0.4, 0.5) is 0 Å². The van der Waals surface area contributed by atoms with Crippen LogP contribution in [0.5, 0.6) is 0 Å². The summed E-state index contributed by atoms with van der Waals surface area (Å²) in [4.78, 5) is 15.5. The summed E-state index contributed by atoms with van der Waals surface area (Å²) >= 11 is 11.5. The number of aromatic nitrogens is 1. The van der Waals surface area contributed by atoms with Crippen LogP contribution in [-0.2, 0) is 4.74 Å². The van der Waals surface area contributed by atoms with Crippen molar-refractivity contribution >= 4 is 29.1 Å². The average molecular weight is 291 g/mol. The van der Waals surface area contributed by atoms with Gasteiger partial charge >= 0.3 is 0 Å². The third-order valence-corrected chi connectivity index (χ3v) is 3.06. The molecule has 0 aliphatic rings. The molecule has 0 atom stereocenters. The largest absolute Gasteiger partial charge is 0.385 e. The van der Waals surface area contributed by atoms with Crippen LogP contribution >= 0.6 is 23.2 Å². The van der Waals surface area contributed by atoms with E-state index in [0.29, 0.717) is 12.1 Å². The molecule has 0 radical (unpaired) electrons. The smallest absolute Gasteiger partial charge is 0.252 e. The maximum absolute atomic E-state index is 11.7. The molecule has 0 saturated heterocycles. The lowest BCUT2D eigenvalue weighted by Crippen LogP contribution is -2.24. The SMILES string of the molecule is COCCCCCNC(=O)c1cnc(Cl)c(Cl)c1. The van der Waals surface area contributed by atoms with Crippen molar-refractivity contribution in [2.45, 2.75) is 19.3 Å². The van der Waals surface area contributed by atoms with Crippen molar-refractivity contribution in [2.75, 3.05) is 20.3 Å². The van der Waals surface area contributed by atoms with Crippen molar-refractivity contribution in [2.24, 2.45) is 0 Å². The second kappa shape index (κ2) is 8.29. The predicted octanol–water partition coefficient (Wildman–Crippen LogP) is 2.93. The number of methoxy groups -OCH3 is 1. The van der Waals surface area contributed by atoms with Gasteiger partial charge in [-0.25, -0.2) is 4.98 Å². The van der Waals surface area contributed by atoms with Gasteiger partial charge in [0.2, 0.25) is 0 Å². The summed E-state index contributed by atoms with van der Waals surface area (Å²) in [5.41, 5.74) is 0.418. The van der Waals surface area contributed by atoms with Crippen molar-refractivity contribution in [1.29, 1.82) is 0 Å². The minimum atomic E-state index is -0.187. The van der Waals surface area contributed by atoms with E-state index in [2.05, 4.69) is 10.3 Å². The highest BCUT2D eigenvalue weighted by molar-refractivity contribution is 6.41. The number of halogens is 2. The fraction of sp³-hybridized carbons (Fsp3) is 0.500. The quantitative estimate of drug-likeness (QED) is 0.620. The molecule has 0 unspecified atom stereocenters. The monoisotopic (exact) mass is 290 g/mol. The normalized spacial score (nSPS) is 10.4. The molecule has 0 aliphatic heterocycles. The third-order valence-electron chi connectivity index (χ3n) is 2.37. The molecule has 0 aliphatic carbocycles. The molecule has 1 rings (SSSR count). The summed E-state index contributed by atoms with van der Waals surface area (Å²) in [6.07, 6.45) is 4.35. The minimum absolute atomic E-state index is 0.187. The number of nitrogens with one attached hydrogen (secondary N) is 1.